The number of benzene rings is 1. The molecule has 0 bridgehead atoms. The molecular weight excluding hydrogens is 198 g/mol. The fourth-order valence-corrected chi connectivity index (χ4v) is 0.927. The van der Waals surface area contributed by atoms with E-state index in [1.807, 2.05) is 0 Å². The standard InChI is InChI=1S/C9H9N3O3/c10-9(15)12(11-6-8(13)14)7-4-2-1-3-5-7/h1-6H,(H2,10,15)(H,13,14)/b11-6+. The van der Waals surface area contributed by atoms with E-state index < -0.39 is 12.0 Å². The van der Waals surface area contributed by atoms with Crippen LogP contribution in [0.25, 0.3) is 0 Å². The molecule has 0 heterocycles. The number of urea groups is 1. The zero-order valence-corrected chi connectivity index (χ0v) is 7.70. The quantitative estimate of drug-likeness (QED) is 0.562. The molecule has 0 unspecified atom stereocenters. The van der Waals surface area contributed by atoms with Crippen LogP contribution in [0.4, 0.5) is 10.5 Å². The number of aliphatic carboxylic acids is 1. The molecule has 0 spiro atoms. The van der Waals surface area contributed by atoms with E-state index in [9.17, 15) is 9.59 Å². The second-order valence-corrected chi connectivity index (χ2v) is 2.57. The van der Waals surface area contributed by atoms with Crippen molar-refractivity contribution in [2.24, 2.45) is 10.8 Å². The van der Waals surface area contributed by atoms with Gasteiger partial charge >= 0.3 is 12.0 Å². The number of hydrogen-bond donors (Lipinski definition) is 2. The van der Waals surface area contributed by atoms with Crippen molar-refractivity contribution >= 4 is 23.9 Å². The van der Waals surface area contributed by atoms with Gasteiger partial charge in [0.25, 0.3) is 0 Å². The Hall–Kier alpha value is -2.37. The molecule has 0 aliphatic rings. The summed E-state index contributed by atoms with van der Waals surface area (Å²) in [4.78, 5) is 21.2. The SMILES string of the molecule is NC(=O)N(/N=C/C(=O)O)c1ccccc1. The van der Waals surface area contributed by atoms with E-state index in [-0.39, 0.29) is 0 Å². The number of carbonyl (C=O) groups is 2. The number of nitrogens with two attached hydrogens (primary N) is 1. The Labute approximate surface area is 85.6 Å². The van der Waals surface area contributed by atoms with E-state index in [1.54, 1.807) is 30.3 Å². The largest absolute Gasteiger partial charge is 0.477 e. The lowest BCUT2D eigenvalue weighted by Gasteiger charge is -2.12. The first-order valence-corrected chi connectivity index (χ1v) is 4.03. The van der Waals surface area contributed by atoms with E-state index in [4.69, 9.17) is 10.8 Å². The molecule has 0 fully saturated rings. The van der Waals surface area contributed by atoms with Gasteiger partial charge in [0, 0.05) is 0 Å². The monoisotopic (exact) mass is 207 g/mol. The molecule has 0 saturated heterocycles. The second kappa shape index (κ2) is 4.75. The molecule has 6 nitrogen and oxygen atoms in total. The van der Waals surface area contributed by atoms with Gasteiger partial charge in [-0.3, -0.25) is 0 Å². The third-order valence-corrected chi connectivity index (χ3v) is 1.49. The van der Waals surface area contributed by atoms with Crippen molar-refractivity contribution < 1.29 is 14.7 Å². The number of para-hydroxylation sites is 1. The predicted octanol–water partition coefficient (Wildman–Crippen LogP) is 0.642. The molecule has 15 heavy (non-hydrogen) atoms. The van der Waals surface area contributed by atoms with Gasteiger partial charge in [-0.15, -0.1) is 0 Å². The Balaban J connectivity index is 2.94. The normalized spacial score (nSPS) is 10.1. The smallest absolute Gasteiger partial charge is 0.348 e. The highest BCUT2D eigenvalue weighted by Gasteiger charge is 2.09. The maximum atomic E-state index is 11.0. The van der Waals surface area contributed by atoms with E-state index in [0.717, 1.165) is 5.01 Å². The van der Waals surface area contributed by atoms with Gasteiger partial charge in [0.2, 0.25) is 0 Å². The van der Waals surface area contributed by atoms with Crippen LogP contribution in [0.15, 0.2) is 35.4 Å². The van der Waals surface area contributed by atoms with Gasteiger partial charge < -0.3 is 10.8 Å². The summed E-state index contributed by atoms with van der Waals surface area (Å²) in [6.07, 6.45) is 0.595. The first kappa shape index (κ1) is 10.7. The Morgan fingerprint density at radius 3 is 2.40 bits per heavy atom. The Morgan fingerprint density at radius 1 is 1.33 bits per heavy atom. The van der Waals surface area contributed by atoms with Crippen molar-refractivity contribution in [2.75, 3.05) is 5.01 Å². The molecule has 0 saturated carbocycles. The number of nitrogens with zero attached hydrogens (tertiary/aromatic N) is 2. The molecule has 3 N–H and O–H groups in total. The number of primary amides is 1. The Morgan fingerprint density at radius 2 is 1.93 bits per heavy atom. The Bertz CT molecular complexity index is 389. The first-order chi connectivity index (χ1) is 7.11. The molecule has 1 aromatic carbocycles. The van der Waals surface area contributed by atoms with Crippen LogP contribution in [-0.4, -0.2) is 23.3 Å². The van der Waals surface area contributed by atoms with Crippen LogP contribution in [-0.2, 0) is 4.79 Å². The predicted molar refractivity (Wildman–Crippen MR) is 54.6 cm³/mol. The van der Waals surface area contributed by atoms with Gasteiger partial charge in [-0.25, -0.2) is 9.59 Å². The maximum absolute atomic E-state index is 11.0. The lowest BCUT2D eigenvalue weighted by Crippen LogP contribution is -2.31. The lowest BCUT2D eigenvalue weighted by atomic mass is 10.3. The van der Waals surface area contributed by atoms with E-state index in [2.05, 4.69) is 5.10 Å². The fourth-order valence-electron chi connectivity index (χ4n) is 0.927. The molecule has 1 rings (SSSR count). The second-order valence-electron chi connectivity index (χ2n) is 2.57. The summed E-state index contributed by atoms with van der Waals surface area (Å²) in [5.41, 5.74) is 5.44. The number of amides is 2. The molecule has 1 aromatic rings. The third kappa shape index (κ3) is 3.11. The van der Waals surface area contributed by atoms with E-state index >= 15 is 0 Å². The van der Waals surface area contributed by atoms with Crippen molar-refractivity contribution in [1.29, 1.82) is 0 Å². The average molecular weight is 207 g/mol. The topological polar surface area (TPSA) is 96.0 Å². The van der Waals surface area contributed by atoms with E-state index in [0.29, 0.717) is 11.9 Å². The Kier molecular flexibility index (Phi) is 3.39. The number of rotatable bonds is 3. The highest BCUT2D eigenvalue weighted by atomic mass is 16.4. The summed E-state index contributed by atoms with van der Waals surface area (Å²) in [7, 11) is 0. The van der Waals surface area contributed by atoms with Crippen LogP contribution in [0.2, 0.25) is 0 Å². The van der Waals surface area contributed by atoms with Crippen LogP contribution in [0.3, 0.4) is 0 Å². The molecule has 0 radical (unpaired) electrons. The van der Waals surface area contributed by atoms with Crippen LogP contribution in [0.1, 0.15) is 0 Å². The van der Waals surface area contributed by atoms with Crippen molar-refractivity contribution in [1.82, 2.24) is 0 Å². The number of anilines is 1. The minimum Gasteiger partial charge on any atom is -0.477 e. The van der Waals surface area contributed by atoms with Crippen molar-refractivity contribution in [2.45, 2.75) is 0 Å². The summed E-state index contributed by atoms with van der Waals surface area (Å²) in [5, 5.41) is 12.6. The molecule has 0 aromatic heterocycles. The highest BCUT2D eigenvalue weighted by molar-refractivity contribution is 6.22. The lowest BCUT2D eigenvalue weighted by molar-refractivity contribution is -0.128. The molecule has 2 amide bonds. The molecule has 0 aliphatic carbocycles. The number of carboxylic acid groups (broad SMARTS) is 1. The molecule has 6 heteroatoms. The molecule has 0 aliphatic heterocycles. The van der Waals surface area contributed by atoms with Crippen LogP contribution in [0.5, 0.6) is 0 Å². The number of hydrazone groups is 1. The van der Waals surface area contributed by atoms with Gasteiger partial charge in [-0.1, -0.05) is 18.2 Å². The van der Waals surface area contributed by atoms with Gasteiger partial charge in [0.1, 0.15) is 6.21 Å². The third-order valence-electron chi connectivity index (χ3n) is 1.49. The maximum Gasteiger partial charge on any atom is 0.348 e. The number of carboxylic acids is 1. The van der Waals surface area contributed by atoms with Gasteiger partial charge in [-0.2, -0.15) is 10.1 Å². The van der Waals surface area contributed by atoms with Crippen LogP contribution < -0.4 is 10.7 Å². The van der Waals surface area contributed by atoms with Crippen LogP contribution in [0, 0.1) is 0 Å². The van der Waals surface area contributed by atoms with Gasteiger partial charge in [0.05, 0.1) is 5.69 Å². The highest BCUT2D eigenvalue weighted by Crippen LogP contribution is 2.12. The molecule has 0 atom stereocenters. The number of carbonyl (C=O) groups excluding carboxylic acids is 1. The zero-order valence-electron chi connectivity index (χ0n) is 7.70. The van der Waals surface area contributed by atoms with Crippen molar-refractivity contribution in [3.8, 4) is 0 Å². The van der Waals surface area contributed by atoms with Crippen molar-refractivity contribution in [3.05, 3.63) is 30.3 Å². The van der Waals surface area contributed by atoms with Gasteiger partial charge in [0.15, 0.2) is 0 Å². The van der Waals surface area contributed by atoms with Crippen molar-refractivity contribution in [3.63, 3.8) is 0 Å². The first-order valence-electron chi connectivity index (χ1n) is 4.03. The number of hydrogen-bond acceptors (Lipinski definition) is 3. The summed E-state index contributed by atoms with van der Waals surface area (Å²) < 4.78 is 0. The van der Waals surface area contributed by atoms with Gasteiger partial charge in [-0.05, 0) is 12.1 Å². The summed E-state index contributed by atoms with van der Waals surface area (Å²) in [5.74, 6) is -1.25. The molecule has 78 valence electrons. The summed E-state index contributed by atoms with van der Waals surface area (Å²) >= 11 is 0. The fraction of sp³-hybridized carbons (Fsp3) is 0. The average Bonchev–Trinajstić information content (AvgIpc) is 2.18. The summed E-state index contributed by atoms with van der Waals surface area (Å²) in [6, 6.07) is 7.44. The van der Waals surface area contributed by atoms with E-state index in [1.165, 1.54) is 0 Å². The summed E-state index contributed by atoms with van der Waals surface area (Å²) in [6.45, 7) is 0. The van der Waals surface area contributed by atoms with Crippen LogP contribution >= 0.6 is 0 Å². The minimum absolute atomic E-state index is 0.405. The minimum atomic E-state index is -1.25. The zero-order chi connectivity index (χ0) is 11.3. The molecular formula is C9H9N3O3.